The van der Waals surface area contributed by atoms with E-state index in [1.54, 1.807) is 12.4 Å². The maximum atomic E-state index is 13.7. The van der Waals surface area contributed by atoms with Gasteiger partial charge in [-0.2, -0.15) is 5.10 Å². The van der Waals surface area contributed by atoms with Crippen LogP contribution in [0.15, 0.2) is 24.7 Å². The zero-order chi connectivity index (χ0) is 24.2. The first kappa shape index (κ1) is 22.4. The van der Waals surface area contributed by atoms with Crippen molar-refractivity contribution in [1.29, 1.82) is 0 Å². The van der Waals surface area contributed by atoms with Crippen molar-refractivity contribution < 1.29 is 14.6 Å². The average Bonchev–Trinajstić information content (AvgIpc) is 3.43. The van der Waals surface area contributed by atoms with Gasteiger partial charge in [0, 0.05) is 29.1 Å². The Kier molecular flexibility index (Phi) is 4.72. The molecule has 2 aromatic rings. The lowest BCUT2D eigenvalue weighted by molar-refractivity contribution is -0.148. The van der Waals surface area contributed by atoms with E-state index in [4.69, 9.17) is 4.74 Å². The van der Waals surface area contributed by atoms with E-state index in [0.29, 0.717) is 36.0 Å². The first-order valence-electron chi connectivity index (χ1n) is 13.9. The molecule has 2 aromatic heterocycles. The van der Waals surface area contributed by atoms with Crippen molar-refractivity contribution in [3.05, 3.63) is 24.7 Å². The minimum Gasteiger partial charge on any atom is -0.390 e. The Labute approximate surface area is 207 Å². The van der Waals surface area contributed by atoms with Gasteiger partial charge in [-0.1, -0.05) is 6.92 Å². The molecule has 0 spiro atoms. The summed E-state index contributed by atoms with van der Waals surface area (Å²) in [5.41, 5.74) is 0.610. The lowest BCUT2D eigenvalue weighted by Crippen LogP contribution is -2.59. The molecule has 188 valence electrons. The topological polar surface area (TPSA) is 77.2 Å². The molecule has 0 radical (unpaired) electrons. The van der Waals surface area contributed by atoms with E-state index in [9.17, 15) is 9.90 Å². The number of hydrogen-bond donors (Lipinski definition) is 1. The van der Waals surface area contributed by atoms with Crippen molar-refractivity contribution in [1.82, 2.24) is 14.8 Å². The Morgan fingerprint density at radius 1 is 1.17 bits per heavy atom. The molecule has 7 rings (SSSR count). The molecule has 35 heavy (non-hydrogen) atoms. The number of pyridine rings is 1. The van der Waals surface area contributed by atoms with Crippen molar-refractivity contribution in [2.45, 2.75) is 96.5 Å². The lowest BCUT2D eigenvalue weighted by atomic mass is 9.42. The highest BCUT2D eigenvalue weighted by Gasteiger charge is 2.69. The van der Waals surface area contributed by atoms with Gasteiger partial charge >= 0.3 is 0 Å². The Balaban J connectivity index is 1.14. The van der Waals surface area contributed by atoms with Crippen molar-refractivity contribution in [3.63, 3.8) is 0 Å². The van der Waals surface area contributed by atoms with Gasteiger partial charge in [0.2, 0.25) is 0 Å². The van der Waals surface area contributed by atoms with Crippen LogP contribution in [0.25, 0.3) is 10.9 Å². The number of aromatic nitrogens is 3. The number of fused-ring (bicyclic) bond motifs is 4. The minimum atomic E-state index is -0.548. The smallest absolute Gasteiger partial charge is 0.157 e. The number of ketones is 1. The molecule has 1 saturated heterocycles. The fraction of sp³-hybridized carbons (Fsp3) is 0.759. The molecule has 5 fully saturated rings. The number of carbonyl (C=O) groups is 1. The van der Waals surface area contributed by atoms with Crippen LogP contribution in [0.4, 0.5) is 0 Å². The second-order valence-electron chi connectivity index (χ2n) is 13.3. The van der Waals surface area contributed by atoms with Crippen LogP contribution in [0, 0.1) is 40.4 Å². The van der Waals surface area contributed by atoms with Crippen LogP contribution in [0.1, 0.15) is 72.1 Å². The van der Waals surface area contributed by atoms with E-state index in [-0.39, 0.29) is 29.0 Å². The van der Waals surface area contributed by atoms with Crippen LogP contribution < -0.4 is 0 Å². The number of carbonyl (C=O) groups excluding carboxylic acids is 1. The second-order valence-corrected chi connectivity index (χ2v) is 13.3. The zero-order valence-electron chi connectivity index (χ0n) is 21.3. The summed E-state index contributed by atoms with van der Waals surface area (Å²) in [6.07, 6.45) is 14.6. The molecule has 5 aliphatic rings. The van der Waals surface area contributed by atoms with Gasteiger partial charge in [-0.25, -0.2) is 0 Å². The molecular formula is C29H39N3O3. The third kappa shape index (κ3) is 3.05. The molecule has 6 nitrogen and oxygen atoms in total. The van der Waals surface area contributed by atoms with Gasteiger partial charge in [-0.15, -0.1) is 0 Å². The number of Topliss-reactive ketones (excluding diaryl/α,β-unsaturated/α-hetero) is 1. The highest BCUT2D eigenvalue weighted by Crippen LogP contribution is 2.71. The van der Waals surface area contributed by atoms with Crippen LogP contribution in [-0.2, 0) is 16.1 Å². The molecule has 0 amide bonds. The molecule has 6 heteroatoms. The molecule has 1 N–H and O–H groups in total. The van der Waals surface area contributed by atoms with Gasteiger partial charge < -0.3 is 9.84 Å². The van der Waals surface area contributed by atoms with Gasteiger partial charge in [0.25, 0.3) is 0 Å². The number of aliphatic hydroxyl groups is 1. The Morgan fingerprint density at radius 3 is 2.86 bits per heavy atom. The SMILES string of the molecule is C[C@H]1O[C@@H]2C[C@@H]3C(CC[C@]4(C)[C@@H](C(=O)Cn5cc6ccncc6n5)CC[C@@H]34)[C@]13CC[C@@](C)(O)CC23. The number of nitrogens with zero attached hydrogens (tertiary/aromatic N) is 3. The highest BCUT2D eigenvalue weighted by molar-refractivity contribution is 5.83. The average molecular weight is 478 g/mol. The Hall–Kier alpha value is -1.79. The predicted molar refractivity (Wildman–Crippen MR) is 132 cm³/mol. The van der Waals surface area contributed by atoms with E-state index in [1.807, 2.05) is 23.9 Å². The van der Waals surface area contributed by atoms with E-state index in [1.165, 1.54) is 12.8 Å². The summed E-state index contributed by atoms with van der Waals surface area (Å²) in [5.74, 6) is 2.90. The summed E-state index contributed by atoms with van der Waals surface area (Å²) in [7, 11) is 0. The summed E-state index contributed by atoms with van der Waals surface area (Å²) in [4.78, 5) is 17.8. The van der Waals surface area contributed by atoms with Crippen LogP contribution in [-0.4, -0.2) is 43.5 Å². The molecule has 4 aliphatic carbocycles. The summed E-state index contributed by atoms with van der Waals surface area (Å²) in [6, 6.07) is 1.95. The first-order valence-corrected chi connectivity index (χ1v) is 13.9. The third-order valence-electron chi connectivity index (χ3n) is 11.7. The molecule has 10 atom stereocenters. The summed E-state index contributed by atoms with van der Waals surface area (Å²) in [5, 5.41) is 16.5. The normalized spacial score (nSPS) is 48.4. The summed E-state index contributed by atoms with van der Waals surface area (Å²) < 4.78 is 8.50. The quantitative estimate of drug-likeness (QED) is 0.688. The van der Waals surface area contributed by atoms with Crippen LogP contribution in [0.3, 0.4) is 0 Å². The lowest BCUT2D eigenvalue weighted by Gasteiger charge is -2.61. The highest BCUT2D eigenvalue weighted by atomic mass is 16.5. The first-order chi connectivity index (χ1) is 16.7. The third-order valence-corrected chi connectivity index (χ3v) is 11.7. The fourth-order valence-electron chi connectivity index (χ4n) is 10.2. The molecule has 1 aliphatic heterocycles. The fourth-order valence-corrected chi connectivity index (χ4v) is 10.2. The summed E-state index contributed by atoms with van der Waals surface area (Å²) >= 11 is 0. The number of hydrogen-bond acceptors (Lipinski definition) is 5. The standard InChI is InChI=1S/C29H39N3O3/c1-17-29-10-9-27(2,34)13-23(29)26(35-17)12-19-20-4-5-22(28(20,3)8-6-21(19)29)25(33)16-32-15-18-7-11-30-14-24(18)31-32/h7,11,14-15,17,19-23,26,34H,4-6,8-10,12-13,16H2,1-3H3/t17-,19+,20+,21?,22-,23?,26-,27-,28+,29+/m1/s1. The second kappa shape index (κ2) is 7.38. The van der Waals surface area contributed by atoms with Crippen molar-refractivity contribution in [3.8, 4) is 0 Å². The monoisotopic (exact) mass is 477 g/mol. The zero-order valence-corrected chi connectivity index (χ0v) is 21.3. The van der Waals surface area contributed by atoms with Crippen molar-refractivity contribution in [2.75, 3.05) is 0 Å². The minimum absolute atomic E-state index is 0.0820. The Morgan fingerprint density at radius 2 is 2.03 bits per heavy atom. The van der Waals surface area contributed by atoms with Crippen molar-refractivity contribution in [2.24, 2.45) is 40.4 Å². The predicted octanol–water partition coefficient (Wildman–Crippen LogP) is 4.79. The van der Waals surface area contributed by atoms with Crippen molar-refractivity contribution >= 4 is 16.7 Å². The van der Waals surface area contributed by atoms with Gasteiger partial charge in [-0.3, -0.25) is 14.5 Å². The van der Waals surface area contributed by atoms with E-state index in [2.05, 4.69) is 23.9 Å². The van der Waals surface area contributed by atoms with Gasteiger partial charge in [0.15, 0.2) is 5.78 Å². The van der Waals surface area contributed by atoms with Gasteiger partial charge in [-0.05, 0) is 100 Å². The van der Waals surface area contributed by atoms with Crippen LogP contribution in [0.5, 0.6) is 0 Å². The molecule has 0 aromatic carbocycles. The molecule has 4 saturated carbocycles. The number of rotatable bonds is 3. The molecule has 2 unspecified atom stereocenters. The maximum Gasteiger partial charge on any atom is 0.157 e. The van der Waals surface area contributed by atoms with Crippen LogP contribution >= 0.6 is 0 Å². The van der Waals surface area contributed by atoms with Gasteiger partial charge in [0.1, 0.15) is 5.52 Å². The Bertz CT molecular complexity index is 1140. The van der Waals surface area contributed by atoms with E-state index >= 15 is 0 Å². The molecule has 3 heterocycles. The molecule has 2 bridgehead atoms. The van der Waals surface area contributed by atoms with E-state index < -0.39 is 5.60 Å². The van der Waals surface area contributed by atoms with Crippen LogP contribution in [0.2, 0.25) is 0 Å². The van der Waals surface area contributed by atoms with Gasteiger partial charge in [0.05, 0.1) is 30.6 Å². The molecular weight excluding hydrogens is 438 g/mol. The maximum absolute atomic E-state index is 13.7. The number of ether oxygens (including phenoxy) is 1. The summed E-state index contributed by atoms with van der Waals surface area (Å²) in [6.45, 7) is 7.13. The van der Waals surface area contributed by atoms with E-state index in [0.717, 1.165) is 49.4 Å². The largest absolute Gasteiger partial charge is 0.390 e.